The minimum absolute atomic E-state index is 0.0264. The highest BCUT2D eigenvalue weighted by Crippen LogP contribution is 2.35. The largest absolute Gasteiger partial charge is 0.416 e. The van der Waals surface area contributed by atoms with Crippen molar-refractivity contribution in [2.45, 2.75) is 19.1 Å². The fourth-order valence-corrected chi connectivity index (χ4v) is 1.32. The highest BCUT2D eigenvalue weighted by atomic mass is 19.4. The van der Waals surface area contributed by atoms with Gasteiger partial charge in [0.2, 0.25) is 0 Å². The molecule has 8 heteroatoms. The van der Waals surface area contributed by atoms with Crippen LogP contribution in [0.15, 0.2) is 6.07 Å². The van der Waals surface area contributed by atoms with Crippen LogP contribution in [0.5, 0.6) is 0 Å². The van der Waals surface area contributed by atoms with Gasteiger partial charge >= 0.3 is 6.18 Å². The Balaban J connectivity index is 3.56. The van der Waals surface area contributed by atoms with Crippen molar-refractivity contribution in [1.29, 1.82) is 0 Å². The van der Waals surface area contributed by atoms with Crippen LogP contribution in [0, 0.1) is 0 Å². The molecule has 1 aromatic heterocycles. The molecule has 0 unspecified atom stereocenters. The summed E-state index contributed by atoms with van der Waals surface area (Å²) in [6, 6.07) is 0.404. The molecular formula is C9H7F5N2O. The maximum absolute atomic E-state index is 12.6. The second-order valence-corrected chi connectivity index (χ2v) is 3.08. The van der Waals surface area contributed by atoms with Gasteiger partial charge in [-0.25, -0.2) is 13.8 Å². The lowest BCUT2D eigenvalue weighted by Crippen LogP contribution is -2.17. The van der Waals surface area contributed by atoms with E-state index in [0.29, 0.717) is 6.07 Å². The zero-order valence-corrected chi connectivity index (χ0v) is 8.26. The summed E-state index contributed by atoms with van der Waals surface area (Å²) in [6.07, 6.45) is -8.12. The Labute approximate surface area is 92.4 Å². The number of rotatable bonds is 3. The van der Waals surface area contributed by atoms with Gasteiger partial charge in [-0.15, -0.1) is 0 Å². The van der Waals surface area contributed by atoms with Gasteiger partial charge in [0.05, 0.1) is 5.56 Å². The Kier molecular flexibility index (Phi) is 3.76. The zero-order valence-electron chi connectivity index (χ0n) is 8.26. The minimum Gasteiger partial charge on any atom is -0.326 e. The van der Waals surface area contributed by atoms with Crippen LogP contribution in [0.3, 0.4) is 0 Å². The average Bonchev–Trinajstić information content (AvgIpc) is 2.25. The lowest BCUT2D eigenvalue weighted by atomic mass is 10.0. The van der Waals surface area contributed by atoms with Crippen LogP contribution < -0.4 is 5.73 Å². The smallest absolute Gasteiger partial charge is 0.326 e. The number of carbonyl (C=O) groups is 1. The summed E-state index contributed by atoms with van der Waals surface area (Å²) in [5.74, 6) is 0. The lowest BCUT2D eigenvalue weighted by Gasteiger charge is -2.15. The Bertz CT molecular complexity index is 430. The summed E-state index contributed by atoms with van der Waals surface area (Å²) in [4.78, 5) is 13.5. The van der Waals surface area contributed by atoms with Crippen LogP contribution in [0.1, 0.15) is 33.7 Å². The first-order chi connectivity index (χ1) is 7.81. The molecule has 0 aliphatic heterocycles. The fraction of sp³-hybridized carbons (Fsp3) is 0.333. The van der Waals surface area contributed by atoms with E-state index in [1.54, 1.807) is 0 Å². The molecule has 0 amide bonds. The molecule has 1 aromatic rings. The molecule has 0 aliphatic carbocycles. The molecule has 1 rings (SSSR count). The number of hydrogen-bond acceptors (Lipinski definition) is 3. The van der Waals surface area contributed by atoms with Gasteiger partial charge in [-0.1, -0.05) is 0 Å². The van der Waals surface area contributed by atoms with Crippen molar-refractivity contribution < 1.29 is 26.7 Å². The van der Waals surface area contributed by atoms with Gasteiger partial charge in [-0.3, -0.25) is 4.79 Å². The Morgan fingerprint density at radius 3 is 2.35 bits per heavy atom. The first-order valence-electron chi connectivity index (χ1n) is 4.35. The third-order valence-corrected chi connectivity index (χ3v) is 2.01. The normalized spacial score (nSPS) is 11.9. The van der Waals surface area contributed by atoms with Crippen molar-refractivity contribution in [3.05, 3.63) is 28.6 Å². The Hall–Kier alpha value is -1.57. The quantitative estimate of drug-likeness (QED) is 0.665. The standard InChI is InChI=1S/C9H7F5N2O/c10-8(11)7-5(2-15)6(9(12,13)14)1-4(3-17)16-7/h1,3,8H,2,15H2. The number of alkyl halides is 5. The van der Waals surface area contributed by atoms with Gasteiger partial charge < -0.3 is 5.73 Å². The summed E-state index contributed by atoms with van der Waals surface area (Å²) in [6.45, 7) is -0.735. The number of aromatic nitrogens is 1. The predicted molar refractivity (Wildman–Crippen MR) is 47.5 cm³/mol. The molecule has 0 spiro atoms. The minimum atomic E-state index is -4.86. The van der Waals surface area contributed by atoms with E-state index in [1.165, 1.54) is 0 Å². The summed E-state index contributed by atoms with van der Waals surface area (Å²) in [7, 11) is 0. The molecule has 0 fully saturated rings. The van der Waals surface area contributed by atoms with Gasteiger partial charge in [0, 0.05) is 12.1 Å². The van der Waals surface area contributed by atoms with Gasteiger partial charge in [0.15, 0.2) is 6.29 Å². The summed E-state index contributed by atoms with van der Waals surface area (Å²) in [5, 5.41) is 0. The molecular weight excluding hydrogens is 247 g/mol. The number of halogens is 5. The van der Waals surface area contributed by atoms with Gasteiger partial charge in [0.1, 0.15) is 11.4 Å². The first kappa shape index (κ1) is 13.5. The van der Waals surface area contributed by atoms with Crippen molar-refractivity contribution >= 4 is 6.29 Å². The lowest BCUT2D eigenvalue weighted by molar-refractivity contribution is -0.138. The summed E-state index contributed by atoms with van der Waals surface area (Å²) < 4.78 is 62.6. The predicted octanol–water partition coefficient (Wildman–Crippen LogP) is 2.31. The van der Waals surface area contributed by atoms with E-state index in [1.807, 2.05) is 0 Å². The number of nitrogens with two attached hydrogens (primary N) is 1. The molecule has 0 atom stereocenters. The Morgan fingerprint density at radius 1 is 1.41 bits per heavy atom. The number of aldehydes is 1. The molecule has 94 valence electrons. The number of pyridine rings is 1. The van der Waals surface area contributed by atoms with E-state index in [2.05, 4.69) is 4.98 Å². The molecule has 1 heterocycles. The Morgan fingerprint density at radius 2 is 2.00 bits per heavy atom. The second kappa shape index (κ2) is 4.74. The molecule has 0 bridgehead atoms. The molecule has 17 heavy (non-hydrogen) atoms. The van der Waals surface area contributed by atoms with Gasteiger partial charge in [-0.2, -0.15) is 13.2 Å². The van der Waals surface area contributed by atoms with E-state index in [-0.39, 0.29) is 6.29 Å². The van der Waals surface area contributed by atoms with Gasteiger partial charge in [-0.05, 0) is 6.07 Å². The van der Waals surface area contributed by atoms with Crippen LogP contribution in [0.25, 0.3) is 0 Å². The second-order valence-electron chi connectivity index (χ2n) is 3.08. The van der Waals surface area contributed by atoms with Crippen molar-refractivity contribution in [2.75, 3.05) is 0 Å². The monoisotopic (exact) mass is 254 g/mol. The average molecular weight is 254 g/mol. The third kappa shape index (κ3) is 2.76. The van der Waals surface area contributed by atoms with Crippen LogP contribution in [-0.2, 0) is 12.7 Å². The molecule has 0 aliphatic rings. The topological polar surface area (TPSA) is 56.0 Å². The molecule has 2 N–H and O–H groups in total. The molecule has 0 saturated heterocycles. The molecule has 0 saturated carbocycles. The zero-order chi connectivity index (χ0) is 13.2. The number of nitrogens with zero attached hydrogens (tertiary/aromatic N) is 1. The maximum Gasteiger partial charge on any atom is 0.416 e. The maximum atomic E-state index is 12.6. The highest BCUT2D eigenvalue weighted by Gasteiger charge is 2.36. The van der Waals surface area contributed by atoms with E-state index in [9.17, 15) is 26.7 Å². The van der Waals surface area contributed by atoms with E-state index >= 15 is 0 Å². The molecule has 0 radical (unpaired) electrons. The van der Waals surface area contributed by atoms with Crippen LogP contribution in [0.4, 0.5) is 22.0 Å². The highest BCUT2D eigenvalue weighted by molar-refractivity contribution is 5.72. The van der Waals surface area contributed by atoms with Crippen LogP contribution >= 0.6 is 0 Å². The van der Waals surface area contributed by atoms with Crippen LogP contribution in [-0.4, -0.2) is 11.3 Å². The first-order valence-corrected chi connectivity index (χ1v) is 4.35. The molecule has 3 nitrogen and oxygen atoms in total. The van der Waals surface area contributed by atoms with Crippen molar-refractivity contribution in [3.63, 3.8) is 0 Å². The number of hydrogen-bond donors (Lipinski definition) is 1. The van der Waals surface area contributed by atoms with Gasteiger partial charge in [0.25, 0.3) is 6.43 Å². The number of carbonyl (C=O) groups excluding carboxylic acids is 1. The van der Waals surface area contributed by atoms with Crippen LogP contribution in [0.2, 0.25) is 0 Å². The van der Waals surface area contributed by atoms with Crippen molar-refractivity contribution in [2.24, 2.45) is 5.73 Å². The van der Waals surface area contributed by atoms with E-state index < -0.39 is 41.7 Å². The summed E-state index contributed by atoms with van der Waals surface area (Å²) >= 11 is 0. The van der Waals surface area contributed by atoms with Crippen molar-refractivity contribution in [3.8, 4) is 0 Å². The van der Waals surface area contributed by atoms with E-state index in [0.717, 1.165) is 0 Å². The summed E-state index contributed by atoms with van der Waals surface area (Å²) in [5.41, 5.74) is 1.06. The SMILES string of the molecule is NCc1c(C(F)(F)F)cc(C=O)nc1C(F)F. The third-order valence-electron chi connectivity index (χ3n) is 2.01. The van der Waals surface area contributed by atoms with E-state index in [4.69, 9.17) is 5.73 Å². The van der Waals surface area contributed by atoms with Crippen molar-refractivity contribution in [1.82, 2.24) is 4.98 Å². The molecule has 0 aromatic carbocycles. The fourth-order valence-electron chi connectivity index (χ4n) is 1.32.